The fraction of sp³-hybridized carbons (Fsp3) is 0.125. The molecule has 0 fully saturated rings. The maximum absolute atomic E-state index is 12.5. The number of urea groups is 1. The van der Waals surface area contributed by atoms with Crippen LogP contribution in [0.2, 0.25) is 0 Å². The van der Waals surface area contributed by atoms with Gasteiger partial charge in [-0.3, -0.25) is 0 Å². The predicted molar refractivity (Wildman–Crippen MR) is 119 cm³/mol. The van der Waals surface area contributed by atoms with E-state index in [0.717, 1.165) is 41.8 Å². The van der Waals surface area contributed by atoms with Crippen LogP contribution >= 0.6 is 0 Å². The first-order valence-electron chi connectivity index (χ1n) is 9.81. The van der Waals surface area contributed by atoms with Gasteiger partial charge >= 0.3 is 6.03 Å². The van der Waals surface area contributed by atoms with E-state index >= 15 is 0 Å². The smallest absolute Gasteiger partial charge is 0.323 e. The van der Waals surface area contributed by atoms with Crippen molar-refractivity contribution in [3.8, 4) is 0 Å². The Morgan fingerprint density at radius 1 is 0.931 bits per heavy atom. The first-order valence-corrected chi connectivity index (χ1v) is 9.81. The van der Waals surface area contributed by atoms with Crippen molar-refractivity contribution in [1.82, 2.24) is 4.98 Å². The van der Waals surface area contributed by atoms with Crippen LogP contribution in [0.15, 0.2) is 79.0 Å². The standard InChI is InChI=1S/C24H22N4O/c29-24(26-20-8-6-18-10-12-25-22(18)14-20)27-21-9-7-19-11-13-28(23(19)15-21)16-17-4-2-1-3-5-17/h1-10,12,14-15,25H,11,13,16H2,(H2,26,27,29). The Morgan fingerprint density at radius 3 is 2.59 bits per heavy atom. The highest BCUT2D eigenvalue weighted by Crippen LogP contribution is 2.32. The molecule has 144 valence electrons. The third kappa shape index (κ3) is 3.67. The zero-order valence-electron chi connectivity index (χ0n) is 16.0. The Morgan fingerprint density at radius 2 is 1.72 bits per heavy atom. The summed E-state index contributed by atoms with van der Waals surface area (Å²) in [4.78, 5) is 18.0. The zero-order valence-corrected chi connectivity index (χ0v) is 16.0. The summed E-state index contributed by atoms with van der Waals surface area (Å²) < 4.78 is 0. The number of aromatic nitrogens is 1. The van der Waals surface area contributed by atoms with E-state index < -0.39 is 0 Å². The van der Waals surface area contributed by atoms with E-state index in [1.807, 2.05) is 42.6 Å². The average Bonchev–Trinajstić information content (AvgIpc) is 3.35. The largest absolute Gasteiger partial charge is 0.367 e. The molecule has 3 N–H and O–H groups in total. The minimum atomic E-state index is -0.247. The fourth-order valence-corrected chi connectivity index (χ4v) is 3.91. The van der Waals surface area contributed by atoms with Gasteiger partial charge in [0, 0.05) is 41.9 Å². The summed E-state index contributed by atoms with van der Waals surface area (Å²) in [6.07, 6.45) is 2.92. The number of amides is 2. The molecule has 0 atom stereocenters. The summed E-state index contributed by atoms with van der Waals surface area (Å²) in [6, 6.07) is 24.2. The van der Waals surface area contributed by atoms with Crippen LogP contribution in [0.4, 0.5) is 21.9 Å². The number of aromatic amines is 1. The molecule has 1 aromatic heterocycles. The molecule has 1 aliphatic rings. The highest BCUT2D eigenvalue weighted by atomic mass is 16.2. The minimum absolute atomic E-state index is 0.247. The molecule has 1 aliphatic heterocycles. The highest BCUT2D eigenvalue weighted by Gasteiger charge is 2.20. The molecule has 5 rings (SSSR count). The van der Waals surface area contributed by atoms with Gasteiger partial charge in [-0.05, 0) is 53.3 Å². The summed E-state index contributed by atoms with van der Waals surface area (Å²) in [5, 5.41) is 6.99. The van der Waals surface area contributed by atoms with E-state index in [1.54, 1.807) is 0 Å². The van der Waals surface area contributed by atoms with Crippen molar-refractivity contribution in [2.45, 2.75) is 13.0 Å². The first kappa shape index (κ1) is 17.4. The van der Waals surface area contributed by atoms with Crippen LogP contribution in [0.1, 0.15) is 11.1 Å². The highest BCUT2D eigenvalue weighted by molar-refractivity contribution is 6.01. The third-order valence-electron chi connectivity index (χ3n) is 5.36. The molecule has 2 heterocycles. The normalized spacial score (nSPS) is 12.8. The van der Waals surface area contributed by atoms with Crippen LogP contribution in [0.5, 0.6) is 0 Å². The number of carbonyl (C=O) groups is 1. The molecule has 5 heteroatoms. The SMILES string of the molecule is O=C(Nc1ccc2c(c1)N(Cc1ccccc1)CC2)Nc1ccc2cc[nH]c2c1. The molecule has 2 amide bonds. The van der Waals surface area contributed by atoms with Gasteiger partial charge in [0.05, 0.1) is 0 Å². The second kappa shape index (κ2) is 7.36. The molecule has 0 saturated heterocycles. The first-order chi connectivity index (χ1) is 14.2. The molecule has 0 saturated carbocycles. The van der Waals surface area contributed by atoms with Crippen LogP contribution in [-0.4, -0.2) is 17.6 Å². The molecule has 4 aromatic rings. The van der Waals surface area contributed by atoms with Crippen LogP contribution in [-0.2, 0) is 13.0 Å². The van der Waals surface area contributed by atoms with Crippen LogP contribution in [0.25, 0.3) is 10.9 Å². The van der Waals surface area contributed by atoms with Gasteiger partial charge in [-0.15, -0.1) is 0 Å². The van der Waals surface area contributed by atoms with Crippen molar-refractivity contribution in [2.75, 3.05) is 22.1 Å². The second-order valence-corrected chi connectivity index (χ2v) is 7.36. The summed E-state index contributed by atoms with van der Waals surface area (Å²) in [7, 11) is 0. The molecule has 0 unspecified atom stereocenters. The summed E-state index contributed by atoms with van der Waals surface area (Å²) in [6.45, 7) is 1.87. The number of hydrogen-bond acceptors (Lipinski definition) is 2. The monoisotopic (exact) mass is 382 g/mol. The Hall–Kier alpha value is -3.73. The molecule has 0 spiro atoms. The van der Waals surface area contributed by atoms with E-state index in [4.69, 9.17) is 0 Å². The average molecular weight is 382 g/mol. The second-order valence-electron chi connectivity index (χ2n) is 7.36. The van der Waals surface area contributed by atoms with Crippen molar-refractivity contribution in [3.05, 3.63) is 90.1 Å². The van der Waals surface area contributed by atoms with Crippen molar-refractivity contribution in [2.24, 2.45) is 0 Å². The van der Waals surface area contributed by atoms with Crippen molar-refractivity contribution in [3.63, 3.8) is 0 Å². The molecule has 0 aliphatic carbocycles. The van der Waals surface area contributed by atoms with Crippen molar-refractivity contribution >= 4 is 34.0 Å². The number of nitrogens with one attached hydrogen (secondary N) is 3. The summed E-state index contributed by atoms with van der Waals surface area (Å²) in [5.74, 6) is 0. The molecular formula is C24H22N4O. The van der Waals surface area contributed by atoms with Gasteiger partial charge in [0.15, 0.2) is 0 Å². The number of nitrogens with zero attached hydrogens (tertiary/aromatic N) is 1. The lowest BCUT2D eigenvalue weighted by Crippen LogP contribution is -2.21. The van der Waals surface area contributed by atoms with Gasteiger partial charge in [0.2, 0.25) is 0 Å². The Bertz CT molecular complexity index is 1170. The molecular weight excluding hydrogens is 360 g/mol. The third-order valence-corrected chi connectivity index (χ3v) is 5.36. The summed E-state index contributed by atoms with van der Waals surface area (Å²) in [5.41, 5.74) is 6.35. The Kier molecular flexibility index (Phi) is 4.41. The van der Waals surface area contributed by atoms with E-state index in [9.17, 15) is 4.79 Å². The number of hydrogen-bond donors (Lipinski definition) is 3. The Labute approximate surface area is 169 Å². The van der Waals surface area contributed by atoms with Crippen molar-refractivity contribution in [1.29, 1.82) is 0 Å². The fourth-order valence-electron chi connectivity index (χ4n) is 3.91. The maximum Gasteiger partial charge on any atom is 0.323 e. The Balaban J connectivity index is 1.29. The van der Waals surface area contributed by atoms with E-state index in [1.165, 1.54) is 16.8 Å². The van der Waals surface area contributed by atoms with Gasteiger partial charge < -0.3 is 20.5 Å². The summed E-state index contributed by atoms with van der Waals surface area (Å²) >= 11 is 0. The van der Waals surface area contributed by atoms with E-state index in [0.29, 0.717) is 0 Å². The zero-order chi connectivity index (χ0) is 19.6. The molecule has 0 radical (unpaired) electrons. The number of rotatable bonds is 4. The van der Waals surface area contributed by atoms with Crippen LogP contribution in [0, 0.1) is 0 Å². The lowest BCUT2D eigenvalue weighted by atomic mass is 10.1. The number of anilines is 3. The van der Waals surface area contributed by atoms with Crippen molar-refractivity contribution < 1.29 is 4.79 Å². The van der Waals surface area contributed by atoms with E-state index in [-0.39, 0.29) is 6.03 Å². The topological polar surface area (TPSA) is 60.2 Å². The number of H-pyrrole nitrogens is 1. The van der Waals surface area contributed by atoms with Gasteiger partial charge in [-0.2, -0.15) is 0 Å². The van der Waals surface area contributed by atoms with Gasteiger partial charge in [0.1, 0.15) is 0 Å². The molecule has 0 bridgehead atoms. The lowest BCUT2D eigenvalue weighted by Gasteiger charge is -2.20. The lowest BCUT2D eigenvalue weighted by molar-refractivity contribution is 0.262. The number of fused-ring (bicyclic) bond motifs is 2. The predicted octanol–water partition coefficient (Wildman–Crippen LogP) is 5.37. The molecule has 3 aromatic carbocycles. The van der Waals surface area contributed by atoms with Gasteiger partial charge in [-0.25, -0.2) is 4.79 Å². The number of benzene rings is 3. The van der Waals surface area contributed by atoms with E-state index in [2.05, 4.69) is 56.9 Å². The minimum Gasteiger partial charge on any atom is -0.367 e. The quantitative estimate of drug-likeness (QED) is 0.444. The van der Waals surface area contributed by atoms with Gasteiger partial charge in [0.25, 0.3) is 0 Å². The number of carbonyl (C=O) groups excluding carboxylic acids is 1. The molecule has 5 nitrogen and oxygen atoms in total. The van der Waals surface area contributed by atoms with Crippen LogP contribution < -0.4 is 15.5 Å². The van der Waals surface area contributed by atoms with Gasteiger partial charge in [-0.1, -0.05) is 42.5 Å². The molecule has 29 heavy (non-hydrogen) atoms. The maximum atomic E-state index is 12.5. The van der Waals surface area contributed by atoms with Crippen LogP contribution in [0.3, 0.4) is 0 Å².